The van der Waals surface area contributed by atoms with Crippen molar-refractivity contribution in [3.8, 4) is 0 Å². The van der Waals surface area contributed by atoms with Gasteiger partial charge in [0.15, 0.2) is 6.29 Å². The van der Waals surface area contributed by atoms with Crippen molar-refractivity contribution in [2.75, 3.05) is 31.7 Å². The number of hydrogen-bond donors (Lipinski definition) is 0. The molecule has 92 valence electrons. The number of para-hydroxylation sites is 1. The van der Waals surface area contributed by atoms with Crippen molar-refractivity contribution in [3.63, 3.8) is 0 Å². The molecule has 4 heteroatoms. The number of carbonyl (C=O) groups is 1. The molecular formula is C13H16ClNO2. The molecule has 17 heavy (non-hydrogen) atoms. The number of nitrogens with zero attached hydrogens (tertiary/aromatic N) is 1. The molecule has 2 rings (SSSR count). The Balaban J connectivity index is 2.21. The molecule has 1 saturated heterocycles. The Hall–Kier alpha value is -1.06. The normalized spacial score (nSPS) is 19.6. The van der Waals surface area contributed by atoms with E-state index in [1.165, 1.54) is 0 Å². The molecule has 0 amide bonds. The Kier molecular flexibility index (Phi) is 4.02. The zero-order chi connectivity index (χ0) is 12.3. The van der Waals surface area contributed by atoms with Crippen molar-refractivity contribution < 1.29 is 9.53 Å². The maximum Gasteiger partial charge on any atom is 0.152 e. The van der Waals surface area contributed by atoms with Crippen LogP contribution in [-0.2, 0) is 4.74 Å². The van der Waals surface area contributed by atoms with Crippen LogP contribution in [-0.4, -0.2) is 33.1 Å². The Bertz CT molecular complexity index is 408. The van der Waals surface area contributed by atoms with Crippen molar-refractivity contribution in [2.24, 2.45) is 5.92 Å². The molecule has 0 aromatic heterocycles. The van der Waals surface area contributed by atoms with Crippen molar-refractivity contribution in [2.45, 2.75) is 6.42 Å². The van der Waals surface area contributed by atoms with Gasteiger partial charge >= 0.3 is 0 Å². The molecular weight excluding hydrogens is 238 g/mol. The number of rotatable bonds is 4. The van der Waals surface area contributed by atoms with Gasteiger partial charge in [-0.15, -0.1) is 0 Å². The Morgan fingerprint density at radius 2 is 2.41 bits per heavy atom. The molecule has 0 radical (unpaired) electrons. The average Bonchev–Trinajstić information content (AvgIpc) is 2.77. The fraction of sp³-hybridized carbons (Fsp3) is 0.462. The van der Waals surface area contributed by atoms with Gasteiger partial charge in [-0.2, -0.15) is 0 Å². The van der Waals surface area contributed by atoms with Gasteiger partial charge in [-0.1, -0.05) is 17.7 Å². The Labute approximate surface area is 106 Å². The molecule has 1 aliphatic rings. The lowest BCUT2D eigenvalue weighted by Crippen LogP contribution is -2.22. The number of ether oxygens (including phenoxy) is 1. The van der Waals surface area contributed by atoms with Crippen LogP contribution < -0.4 is 4.90 Å². The van der Waals surface area contributed by atoms with Crippen LogP contribution in [0.15, 0.2) is 18.2 Å². The van der Waals surface area contributed by atoms with E-state index in [1.807, 2.05) is 6.07 Å². The first-order chi connectivity index (χ1) is 8.26. The van der Waals surface area contributed by atoms with Crippen molar-refractivity contribution in [1.29, 1.82) is 0 Å². The zero-order valence-corrected chi connectivity index (χ0v) is 10.6. The second-order valence-electron chi connectivity index (χ2n) is 4.35. The summed E-state index contributed by atoms with van der Waals surface area (Å²) in [6.07, 6.45) is 1.95. The van der Waals surface area contributed by atoms with E-state index in [4.69, 9.17) is 16.3 Å². The summed E-state index contributed by atoms with van der Waals surface area (Å²) in [5, 5.41) is 0.646. The van der Waals surface area contributed by atoms with Gasteiger partial charge < -0.3 is 9.64 Å². The quantitative estimate of drug-likeness (QED) is 0.773. The third-order valence-corrected chi connectivity index (χ3v) is 3.45. The lowest BCUT2D eigenvalue weighted by atomic mass is 10.1. The third kappa shape index (κ3) is 2.61. The highest BCUT2D eigenvalue weighted by molar-refractivity contribution is 6.33. The predicted octanol–water partition coefficient (Wildman–Crippen LogP) is 2.63. The second kappa shape index (κ2) is 5.52. The number of carbonyl (C=O) groups excluding carboxylic acids is 1. The number of hydrogen-bond acceptors (Lipinski definition) is 3. The minimum absolute atomic E-state index is 0.524. The number of halogens is 1. The van der Waals surface area contributed by atoms with E-state index in [-0.39, 0.29) is 0 Å². The van der Waals surface area contributed by atoms with E-state index in [9.17, 15) is 4.79 Å². The molecule has 0 saturated carbocycles. The Morgan fingerprint density at radius 3 is 3.12 bits per heavy atom. The van der Waals surface area contributed by atoms with Gasteiger partial charge in [-0.05, 0) is 18.6 Å². The SMILES string of the molecule is COCC1CCN(c2c(Cl)cccc2C=O)C1. The van der Waals surface area contributed by atoms with Crippen LogP contribution in [0, 0.1) is 5.92 Å². The smallest absolute Gasteiger partial charge is 0.152 e. The minimum Gasteiger partial charge on any atom is -0.384 e. The van der Waals surface area contributed by atoms with Gasteiger partial charge in [0.25, 0.3) is 0 Å². The Morgan fingerprint density at radius 1 is 1.59 bits per heavy atom. The second-order valence-corrected chi connectivity index (χ2v) is 4.76. The average molecular weight is 254 g/mol. The van der Waals surface area contributed by atoms with E-state index < -0.39 is 0 Å². The highest BCUT2D eigenvalue weighted by Crippen LogP contribution is 2.32. The lowest BCUT2D eigenvalue weighted by molar-refractivity contribution is 0.112. The van der Waals surface area contributed by atoms with Gasteiger partial charge in [-0.3, -0.25) is 4.79 Å². The highest BCUT2D eigenvalue weighted by Gasteiger charge is 2.25. The zero-order valence-electron chi connectivity index (χ0n) is 9.86. The molecule has 1 aromatic carbocycles. The largest absolute Gasteiger partial charge is 0.384 e. The molecule has 1 atom stereocenters. The van der Waals surface area contributed by atoms with Gasteiger partial charge in [0.05, 0.1) is 17.3 Å². The van der Waals surface area contributed by atoms with E-state index in [1.54, 1.807) is 19.2 Å². The first kappa shape index (κ1) is 12.4. The lowest BCUT2D eigenvalue weighted by Gasteiger charge is -2.21. The summed E-state index contributed by atoms with van der Waals surface area (Å²) in [6.45, 7) is 2.59. The minimum atomic E-state index is 0.524. The predicted molar refractivity (Wildman–Crippen MR) is 69.0 cm³/mol. The molecule has 0 spiro atoms. The fourth-order valence-corrected chi connectivity index (χ4v) is 2.67. The molecule has 1 fully saturated rings. The summed E-state index contributed by atoms with van der Waals surface area (Å²) < 4.78 is 5.17. The third-order valence-electron chi connectivity index (χ3n) is 3.15. The summed E-state index contributed by atoms with van der Waals surface area (Å²) >= 11 is 6.18. The summed E-state index contributed by atoms with van der Waals surface area (Å²) in [5.74, 6) is 0.524. The molecule has 1 unspecified atom stereocenters. The summed E-state index contributed by atoms with van der Waals surface area (Å²) in [4.78, 5) is 13.2. The van der Waals surface area contributed by atoms with E-state index in [0.717, 1.165) is 38.1 Å². The van der Waals surface area contributed by atoms with Crippen LogP contribution in [0.5, 0.6) is 0 Å². The molecule has 0 bridgehead atoms. The molecule has 1 heterocycles. The first-order valence-corrected chi connectivity index (χ1v) is 6.11. The van der Waals surface area contributed by atoms with Crippen molar-refractivity contribution >= 4 is 23.6 Å². The van der Waals surface area contributed by atoms with Crippen LogP contribution in [0.2, 0.25) is 5.02 Å². The summed E-state index contributed by atoms with van der Waals surface area (Å²) in [7, 11) is 1.72. The molecule has 1 aromatic rings. The van der Waals surface area contributed by atoms with Crippen LogP contribution in [0.1, 0.15) is 16.8 Å². The molecule has 0 N–H and O–H groups in total. The van der Waals surface area contributed by atoms with Crippen LogP contribution in [0.25, 0.3) is 0 Å². The van der Waals surface area contributed by atoms with E-state index >= 15 is 0 Å². The molecule has 1 aliphatic heterocycles. The monoisotopic (exact) mass is 253 g/mol. The van der Waals surface area contributed by atoms with Crippen LogP contribution >= 0.6 is 11.6 Å². The van der Waals surface area contributed by atoms with Crippen LogP contribution in [0.3, 0.4) is 0 Å². The van der Waals surface area contributed by atoms with Gasteiger partial charge in [0, 0.05) is 31.7 Å². The number of benzene rings is 1. The summed E-state index contributed by atoms with van der Waals surface area (Å²) in [6, 6.07) is 5.43. The van der Waals surface area contributed by atoms with Gasteiger partial charge in [0.1, 0.15) is 0 Å². The van der Waals surface area contributed by atoms with Crippen molar-refractivity contribution in [1.82, 2.24) is 0 Å². The van der Waals surface area contributed by atoms with E-state index in [2.05, 4.69) is 4.90 Å². The van der Waals surface area contributed by atoms with Crippen LogP contribution in [0.4, 0.5) is 5.69 Å². The molecule has 3 nitrogen and oxygen atoms in total. The fourth-order valence-electron chi connectivity index (χ4n) is 2.37. The van der Waals surface area contributed by atoms with Gasteiger partial charge in [0.2, 0.25) is 0 Å². The maximum atomic E-state index is 11.0. The number of aldehydes is 1. The highest BCUT2D eigenvalue weighted by atomic mass is 35.5. The standard InChI is InChI=1S/C13H16ClNO2/c1-17-9-10-5-6-15(7-10)13-11(8-16)3-2-4-12(13)14/h2-4,8,10H,5-7,9H2,1H3. The topological polar surface area (TPSA) is 29.5 Å². The molecule has 0 aliphatic carbocycles. The van der Waals surface area contributed by atoms with E-state index in [0.29, 0.717) is 16.5 Å². The maximum absolute atomic E-state index is 11.0. The first-order valence-electron chi connectivity index (χ1n) is 5.74. The van der Waals surface area contributed by atoms with Crippen molar-refractivity contribution in [3.05, 3.63) is 28.8 Å². The number of anilines is 1. The van der Waals surface area contributed by atoms with Gasteiger partial charge in [-0.25, -0.2) is 0 Å². The summed E-state index contributed by atoms with van der Waals surface area (Å²) in [5.41, 5.74) is 1.53. The number of methoxy groups -OCH3 is 1.